The molecule has 0 bridgehead atoms. The topological polar surface area (TPSA) is 65.0 Å². The highest BCUT2D eigenvalue weighted by atomic mass is 32.2. The van der Waals surface area contributed by atoms with Crippen molar-refractivity contribution in [3.05, 3.63) is 29.8 Å². The molecule has 0 spiro atoms. The van der Waals surface area contributed by atoms with E-state index in [2.05, 4.69) is 19.5 Å². The molecule has 3 aliphatic heterocycles. The van der Waals surface area contributed by atoms with Crippen molar-refractivity contribution < 1.29 is 8.42 Å². The first-order chi connectivity index (χ1) is 10.1. The Labute approximate surface area is 124 Å². The summed E-state index contributed by atoms with van der Waals surface area (Å²) >= 11 is 0. The number of nitrogens with one attached hydrogen (secondary N) is 1. The van der Waals surface area contributed by atoms with Crippen LogP contribution in [0.25, 0.3) is 0 Å². The maximum atomic E-state index is 12.1. The number of nitrogens with zero attached hydrogens (tertiary/aromatic N) is 3. The number of fused-ring (bicyclic) bond motifs is 1. The van der Waals surface area contributed by atoms with Gasteiger partial charge in [0.25, 0.3) is 10.0 Å². The maximum Gasteiger partial charge on any atom is 0.285 e. The molecule has 2 fully saturated rings. The van der Waals surface area contributed by atoms with Gasteiger partial charge in [-0.25, -0.2) is 0 Å². The van der Waals surface area contributed by atoms with E-state index in [-0.39, 0.29) is 0 Å². The number of sulfonamides is 1. The Bertz CT molecular complexity index is 689. The second-order valence-electron chi connectivity index (χ2n) is 5.73. The van der Waals surface area contributed by atoms with Crippen molar-refractivity contribution >= 4 is 15.9 Å². The van der Waals surface area contributed by atoms with E-state index in [0.29, 0.717) is 16.8 Å². The van der Waals surface area contributed by atoms with Crippen molar-refractivity contribution in [1.29, 1.82) is 0 Å². The third-order valence-corrected chi connectivity index (χ3v) is 5.77. The minimum absolute atomic E-state index is 0.339. The quantitative estimate of drug-likeness (QED) is 0.773. The predicted molar refractivity (Wildman–Crippen MR) is 80.0 cm³/mol. The van der Waals surface area contributed by atoms with Gasteiger partial charge in [0.05, 0.1) is 0 Å². The van der Waals surface area contributed by atoms with Crippen LogP contribution in [-0.4, -0.2) is 69.4 Å². The molecule has 6 nitrogen and oxygen atoms in total. The fourth-order valence-electron chi connectivity index (χ4n) is 3.22. The van der Waals surface area contributed by atoms with Gasteiger partial charge in [0, 0.05) is 50.9 Å². The predicted octanol–water partition coefficient (Wildman–Crippen LogP) is -0.275. The zero-order valence-corrected chi connectivity index (χ0v) is 12.5. The highest BCUT2D eigenvalue weighted by Crippen LogP contribution is 2.30. The first-order valence-corrected chi connectivity index (χ1v) is 8.73. The van der Waals surface area contributed by atoms with Crippen molar-refractivity contribution in [2.75, 3.05) is 39.3 Å². The molecule has 7 heteroatoms. The maximum absolute atomic E-state index is 12.1. The Hall–Kier alpha value is -1.44. The molecular formula is C14H18N4O2S. The van der Waals surface area contributed by atoms with E-state index in [9.17, 15) is 8.42 Å². The first kappa shape index (κ1) is 13.2. The highest BCUT2D eigenvalue weighted by Gasteiger charge is 2.39. The van der Waals surface area contributed by atoms with Crippen LogP contribution in [0.4, 0.5) is 0 Å². The number of piperazine rings is 1. The summed E-state index contributed by atoms with van der Waals surface area (Å²) < 4.78 is 28.1. The number of hydrogen-bond acceptors (Lipinski definition) is 5. The van der Waals surface area contributed by atoms with E-state index < -0.39 is 10.0 Å². The van der Waals surface area contributed by atoms with Gasteiger partial charge < -0.3 is 10.2 Å². The zero-order chi connectivity index (χ0) is 14.4. The number of rotatable bonds is 1. The monoisotopic (exact) mass is 306 g/mol. The van der Waals surface area contributed by atoms with Gasteiger partial charge in [-0.2, -0.15) is 8.42 Å². The summed E-state index contributed by atoms with van der Waals surface area (Å²) in [5.41, 5.74) is 0.747. The van der Waals surface area contributed by atoms with E-state index >= 15 is 0 Å². The fourth-order valence-corrected chi connectivity index (χ4v) is 4.45. The number of hydrogen-bond donors (Lipinski definition) is 1. The normalized spacial score (nSPS) is 25.3. The summed E-state index contributed by atoms with van der Waals surface area (Å²) in [4.78, 5) is 4.89. The zero-order valence-electron chi connectivity index (χ0n) is 11.7. The second kappa shape index (κ2) is 4.79. The van der Waals surface area contributed by atoms with Gasteiger partial charge in [-0.05, 0) is 12.1 Å². The van der Waals surface area contributed by atoms with Gasteiger partial charge >= 0.3 is 0 Å². The van der Waals surface area contributed by atoms with Gasteiger partial charge in [0.2, 0.25) is 0 Å². The van der Waals surface area contributed by atoms with Gasteiger partial charge in [-0.3, -0.25) is 4.90 Å². The van der Waals surface area contributed by atoms with Crippen molar-refractivity contribution in [2.24, 2.45) is 4.40 Å². The van der Waals surface area contributed by atoms with Crippen molar-refractivity contribution in [3.63, 3.8) is 0 Å². The molecule has 2 saturated heterocycles. The first-order valence-electron chi connectivity index (χ1n) is 7.29. The summed E-state index contributed by atoms with van der Waals surface area (Å²) in [6, 6.07) is 7.60. The molecule has 0 aromatic heterocycles. The molecule has 0 saturated carbocycles. The highest BCUT2D eigenvalue weighted by molar-refractivity contribution is 7.90. The van der Waals surface area contributed by atoms with Crippen LogP contribution in [0.15, 0.2) is 33.6 Å². The molecule has 0 radical (unpaired) electrons. The second-order valence-corrected chi connectivity index (χ2v) is 7.30. The minimum Gasteiger partial charge on any atom is -0.352 e. The summed E-state index contributed by atoms with van der Waals surface area (Å²) in [7, 11) is -3.50. The summed E-state index contributed by atoms with van der Waals surface area (Å²) in [6.45, 7) is 5.94. The van der Waals surface area contributed by atoms with Gasteiger partial charge in [0.1, 0.15) is 4.90 Å². The molecule has 112 valence electrons. The third kappa shape index (κ3) is 2.16. The third-order valence-electron chi connectivity index (χ3n) is 4.44. The number of benzene rings is 1. The van der Waals surface area contributed by atoms with Crippen molar-refractivity contribution in [3.8, 4) is 0 Å². The molecular weight excluding hydrogens is 288 g/mol. The fraction of sp³-hybridized carbons (Fsp3) is 0.500. The molecule has 3 aliphatic rings. The van der Waals surface area contributed by atoms with Crippen LogP contribution in [-0.2, 0) is 10.0 Å². The average Bonchev–Trinajstić information content (AvgIpc) is 2.71. The smallest absolute Gasteiger partial charge is 0.285 e. The van der Waals surface area contributed by atoms with Crippen LogP contribution in [0.3, 0.4) is 0 Å². The number of likely N-dealkylation sites (tertiary alicyclic amines) is 1. The molecule has 1 aromatic carbocycles. The summed E-state index contributed by atoms with van der Waals surface area (Å²) in [6.07, 6.45) is 0. The molecule has 0 atom stereocenters. The Morgan fingerprint density at radius 3 is 2.62 bits per heavy atom. The van der Waals surface area contributed by atoms with E-state index in [0.717, 1.165) is 44.8 Å². The average molecular weight is 306 g/mol. The van der Waals surface area contributed by atoms with Crippen molar-refractivity contribution in [2.45, 2.75) is 10.9 Å². The van der Waals surface area contributed by atoms with Crippen LogP contribution < -0.4 is 5.32 Å². The summed E-state index contributed by atoms with van der Waals surface area (Å²) in [5.74, 6) is 0.622. The van der Waals surface area contributed by atoms with Crippen molar-refractivity contribution in [1.82, 2.24) is 15.1 Å². The van der Waals surface area contributed by atoms with E-state index in [1.165, 1.54) is 0 Å². The molecule has 1 N–H and O–H groups in total. The Morgan fingerprint density at radius 1 is 1.14 bits per heavy atom. The lowest BCUT2D eigenvalue weighted by molar-refractivity contribution is 0.0706. The number of amidine groups is 1. The molecule has 0 unspecified atom stereocenters. The SMILES string of the molecule is O=S1(=O)N=C(N2CC(N3CCNCC3)C2)c2ccccc21. The van der Waals surface area contributed by atoms with E-state index in [1.807, 2.05) is 12.1 Å². The van der Waals surface area contributed by atoms with Gasteiger partial charge in [-0.15, -0.1) is 4.40 Å². The molecule has 0 amide bonds. The Balaban J connectivity index is 1.52. The van der Waals surface area contributed by atoms with Gasteiger partial charge in [-0.1, -0.05) is 12.1 Å². The summed E-state index contributed by atoms with van der Waals surface area (Å²) in [5, 5.41) is 3.35. The van der Waals surface area contributed by atoms with E-state index in [1.54, 1.807) is 12.1 Å². The van der Waals surface area contributed by atoms with E-state index in [4.69, 9.17) is 0 Å². The largest absolute Gasteiger partial charge is 0.352 e. The Morgan fingerprint density at radius 2 is 1.86 bits per heavy atom. The standard InChI is InChI=1S/C14H18N4O2S/c19-21(20)13-4-2-1-3-12(13)14(16-21)18-9-11(10-18)17-7-5-15-6-8-17/h1-4,11,15H,5-10H2. The Kier molecular flexibility index (Phi) is 3.02. The van der Waals surface area contributed by atoms with Crippen LogP contribution >= 0.6 is 0 Å². The lowest BCUT2D eigenvalue weighted by atomic mass is 10.0. The van der Waals surface area contributed by atoms with Crippen LogP contribution in [0, 0.1) is 0 Å². The molecule has 21 heavy (non-hydrogen) atoms. The molecule has 3 heterocycles. The minimum atomic E-state index is -3.50. The van der Waals surface area contributed by atoms with Gasteiger partial charge in [0.15, 0.2) is 5.84 Å². The van der Waals surface area contributed by atoms with Crippen LogP contribution in [0.5, 0.6) is 0 Å². The molecule has 4 rings (SSSR count). The molecule has 0 aliphatic carbocycles. The molecule has 1 aromatic rings. The van der Waals surface area contributed by atoms with Crippen LogP contribution in [0.2, 0.25) is 0 Å². The van der Waals surface area contributed by atoms with Crippen LogP contribution in [0.1, 0.15) is 5.56 Å². The lowest BCUT2D eigenvalue weighted by Crippen LogP contribution is -2.63. The lowest BCUT2D eigenvalue weighted by Gasteiger charge is -2.47.